The highest BCUT2D eigenvalue weighted by Crippen LogP contribution is 2.30. The summed E-state index contributed by atoms with van der Waals surface area (Å²) in [5, 5.41) is 3.53. The standard InChI is InChI=1S/C17H30N2OS/c1-13-14(10-18-16(2,3)4)9-15(20-13)11-19-7-8-21-17(5,6)12-19/h9,18H,7-8,10-12H2,1-6H3. The summed E-state index contributed by atoms with van der Waals surface area (Å²) in [5.41, 5.74) is 1.42. The Balaban J connectivity index is 1.95. The number of hydrogen-bond donors (Lipinski definition) is 1. The molecule has 0 radical (unpaired) electrons. The molecular weight excluding hydrogens is 280 g/mol. The zero-order chi connectivity index (χ0) is 15.7. The molecule has 0 aromatic carbocycles. The molecule has 1 aromatic heterocycles. The van der Waals surface area contributed by atoms with Crippen LogP contribution in [0, 0.1) is 6.92 Å². The fraction of sp³-hybridized carbons (Fsp3) is 0.765. The van der Waals surface area contributed by atoms with Gasteiger partial charge in [-0.3, -0.25) is 4.90 Å². The van der Waals surface area contributed by atoms with Crippen molar-refractivity contribution in [1.29, 1.82) is 0 Å². The summed E-state index contributed by atoms with van der Waals surface area (Å²) in [6.45, 7) is 17.4. The molecule has 1 N–H and O–H groups in total. The second-order valence-corrected chi connectivity index (χ2v) is 9.52. The molecule has 1 aromatic rings. The van der Waals surface area contributed by atoms with E-state index in [4.69, 9.17) is 4.42 Å². The Hall–Kier alpha value is -0.450. The predicted octanol–water partition coefficient (Wildman–Crippen LogP) is 3.80. The Morgan fingerprint density at radius 1 is 1.38 bits per heavy atom. The van der Waals surface area contributed by atoms with Gasteiger partial charge in [0.05, 0.1) is 6.54 Å². The second kappa shape index (κ2) is 6.35. The summed E-state index contributed by atoms with van der Waals surface area (Å²) in [7, 11) is 0. The normalized spacial score (nSPS) is 19.9. The molecule has 3 nitrogen and oxygen atoms in total. The van der Waals surface area contributed by atoms with Crippen LogP contribution >= 0.6 is 11.8 Å². The highest BCUT2D eigenvalue weighted by atomic mass is 32.2. The van der Waals surface area contributed by atoms with Gasteiger partial charge in [-0.25, -0.2) is 0 Å². The van der Waals surface area contributed by atoms with Gasteiger partial charge in [-0.1, -0.05) is 0 Å². The smallest absolute Gasteiger partial charge is 0.118 e. The van der Waals surface area contributed by atoms with Gasteiger partial charge in [-0.05, 0) is 47.6 Å². The van der Waals surface area contributed by atoms with Crippen molar-refractivity contribution in [2.24, 2.45) is 0 Å². The fourth-order valence-corrected chi connectivity index (χ4v) is 3.85. The molecule has 1 fully saturated rings. The Labute approximate surface area is 133 Å². The van der Waals surface area contributed by atoms with E-state index in [-0.39, 0.29) is 5.54 Å². The Bertz CT molecular complexity index is 474. The molecule has 0 bridgehead atoms. The van der Waals surface area contributed by atoms with E-state index in [9.17, 15) is 0 Å². The van der Waals surface area contributed by atoms with Gasteiger partial charge in [0.2, 0.25) is 0 Å². The number of nitrogens with zero attached hydrogens (tertiary/aromatic N) is 1. The molecule has 1 aliphatic rings. The minimum atomic E-state index is 0.137. The van der Waals surface area contributed by atoms with Crippen molar-refractivity contribution in [3.8, 4) is 0 Å². The van der Waals surface area contributed by atoms with Crippen molar-refractivity contribution in [1.82, 2.24) is 10.2 Å². The summed E-state index contributed by atoms with van der Waals surface area (Å²) in [6.07, 6.45) is 0. The van der Waals surface area contributed by atoms with E-state index in [1.165, 1.54) is 11.3 Å². The topological polar surface area (TPSA) is 28.4 Å². The van der Waals surface area contributed by atoms with Crippen LogP contribution in [0.1, 0.15) is 51.7 Å². The van der Waals surface area contributed by atoms with Crippen LogP contribution in [0.15, 0.2) is 10.5 Å². The van der Waals surface area contributed by atoms with E-state index in [1.807, 2.05) is 0 Å². The maximum atomic E-state index is 5.96. The third kappa shape index (κ3) is 5.35. The van der Waals surface area contributed by atoms with Crippen molar-refractivity contribution >= 4 is 11.8 Å². The maximum absolute atomic E-state index is 5.96. The van der Waals surface area contributed by atoms with Crippen molar-refractivity contribution in [3.63, 3.8) is 0 Å². The highest BCUT2D eigenvalue weighted by molar-refractivity contribution is 8.00. The van der Waals surface area contributed by atoms with Gasteiger partial charge >= 0.3 is 0 Å². The van der Waals surface area contributed by atoms with Crippen LogP contribution in [-0.4, -0.2) is 34.0 Å². The molecule has 0 aliphatic carbocycles. The van der Waals surface area contributed by atoms with Crippen molar-refractivity contribution in [3.05, 3.63) is 23.2 Å². The molecule has 0 unspecified atom stereocenters. The van der Waals surface area contributed by atoms with Gasteiger partial charge < -0.3 is 9.73 Å². The SMILES string of the molecule is Cc1oc(CN2CCSC(C)(C)C2)cc1CNC(C)(C)C. The van der Waals surface area contributed by atoms with Crippen LogP contribution in [0.2, 0.25) is 0 Å². The predicted molar refractivity (Wildman–Crippen MR) is 91.9 cm³/mol. The van der Waals surface area contributed by atoms with Crippen LogP contribution < -0.4 is 5.32 Å². The summed E-state index contributed by atoms with van der Waals surface area (Å²) >= 11 is 2.07. The van der Waals surface area contributed by atoms with Crippen molar-refractivity contribution in [2.45, 2.75) is 64.9 Å². The summed E-state index contributed by atoms with van der Waals surface area (Å²) in [5.74, 6) is 3.36. The lowest BCUT2D eigenvalue weighted by molar-refractivity contribution is 0.231. The molecule has 0 spiro atoms. The van der Waals surface area contributed by atoms with Crippen LogP contribution in [0.5, 0.6) is 0 Å². The molecule has 2 heterocycles. The first-order chi connectivity index (χ1) is 9.65. The van der Waals surface area contributed by atoms with Gasteiger partial charge in [-0.2, -0.15) is 11.8 Å². The Morgan fingerprint density at radius 2 is 2.10 bits per heavy atom. The first-order valence-corrected chi connectivity index (χ1v) is 8.83. The fourth-order valence-electron chi connectivity index (χ4n) is 2.67. The average Bonchev–Trinajstić information content (AvgIpc) is 2.64. The average molecular weight is 311 g/mol. The summed E-state index contributed by atoms with van der Waals surface area (Å²) in [6, 6.07) is 2.23. The van der Waals surface area contributed by atoms with Crippen LogP contribution in [0.25, 0.3) is 0 Å². The van der Waals surface area contributed by atoms with Gasteiger partial charge in [0.15, 0.2) is 0 Å². The van der Waals surface area contributed by atoms with E-state index in [0.29, 0.717) is 4.75 Å². The number of rotatable bonds is 4. The molecule has 1 aliphatic heterocycles. The number of aryl methyl sites for hydroxylation is 1. The third-order valence-corrected chi connectivity index (χ3v) is 5.06. The largest absolute Gasteiger partial charge is 0.465 e. The molecule has 0 saturated carbocycles. The first kappa shape index (κ1) is 16.9. The van der Waals surface area contributed by atoms with Crippen molar-refractivity contribution in [2.75, 3.05) is 18.8 Å². The van der Waals surface area contributed by atoms with E-state index >= 15 is 0 Å². The maximum Gasteiger partial charge on any atom is 0.118 e. The molecule has 1 saturated heterocycles. The minimum Gasteiger partial charge on any atom is -0.465 e. The van der Waals surface area contributed by atoms with Crippen LogP contribution in [0.3, 0.4) is 0 Å². The van der Waals surface area contributed by atoms with E-state index in [0.717, 1.165) is 37.7 Å². The molecule has 0 atom stereocenters. The van der Waals surface area contributed by atoms with Gasteiger partial charge in [-0.15, -0.1) is 0 Å². The monoisotopic (exact) mass is 310 g/mol. The lowest BCUT2D eigenvalue weighted by atomic mass is 10.1. The summed E-state index contributed by atoms with van der Waals surface area (Å²) < 4.78 is 6.32. The Morgan fingerprint density at radius 3 is 2.71 bits per heavy atom. The summed E-state index contributed by atoms with van der Waals surface area (Å²) in [4.78, 5) is 2.51. The van der Waals surface area contributed by atoms with Crippen LogP contribution in [-0.2, 0) is 13.1 Å². The molecular formula is C17H30N2OS. The molecule has 0 amide bonds. The Kier molecular flexibility index (Phi) is 5.11. The van der Waals surface area contributed by atoms with E-state index in [2.05, 4.69) is 69.6 Å². The zero-order valence-corrected chi connectivity index (χ0v) is 15.2. The lowest BCUT2D eigenvalue weighted by Crippen LogP contribution is -2.42. The minimum absolute atomic E-state index is 0.137. The van der Waals surface area contributed by atoms with Gasteiger partial charge in [0, 0.05) is 41.2 Å². The van der Waals surface area contributed by atoms with E-state index < -0.39 is 0 Å². The molecule has 2 rings (SSSR count). The van der Waals surface area contributed by atoms with Gasteiger partial charge in [0.25, 0.3) is 0 Å². The highest BCUT2D eigenvalue weighted by Gasteiger charge is 2.27. The molecule has 21 heavy (non-hydrogen) atoms. The van der Waals surface area contributed by atoms with Crippen molar-refractivity contribution < 1.29 is 4.42 Å². The zero-order valence-electron chi connectivity index (χ0n) is 14.4. The second-order valence-electron chi connectivity index (χ2n) is 7.72. The number of hydrogen-bond acceptors (Lipinski definition) is 4. The first-order valence-electron chi connectivity index (χ1n) is 7.84. The number of thioether (sulfide) groups is 1. The third-order valence-electron chi connectivity index (χ3n) is 3.76. The van der Waals surface area contributed by atoms with Crippen LogP contribution in [0.4, 0.5) is 0 Å². The van der Waals surface area contributed by atoms with Gasteiger partial charge in [0.1, 0.15) is 11.5 Å². The lowest BCUT2D eigenvalue weighted by Gasteiger charge is -2.37. The molecule has 4 heteroatoms. The molecule has 120 valence electrons. The number of furan rings is 1. The number of nitrogens with one attached hydrogen (secondary N) is 1. The quantitative estimate of drug-likeness (QED) is 0.915. The van der Waals surface area contributed by atoms with E-state index in [1.54, 1.807) is 0 Å².